The largest absolute Gasteiger partial charge is 0.481 e. The van der Waals surface area contributed by atoms with Gasteiger partial charge in [-0.2, -0.15) is 5.10 Å². The van der Waals surface area contributed by atoms with Crippen molar-refractivity contribution in [3.8, 4) is 22.9 Å². The van der Waals surface area contributed by atoms with Crippen LogP contribution in [-0.4, -0.2) is 76.3 Å². The molecule has 0 saturated carbocycles. The minimum absolute atomic E-state index is 0.231. The van der Waals surface area contributed by atoms with Crippen molar-refractivity contribution in [3.05, 3.63) is 24.5 Å². The van der Waals surface area contributed by atoms with Crippen LogP contribution in [0, 0.1) is 5.92 Å². The molecule has 166 valence electrons. The molecule has 0 amide bonds. The van der Waals surface area contributed by atoms with Gasteiger partial charge < -0.3 is 24.8 Å². The first-order valence-corrected chi connectivity index (χ1v) is 9.93. The van der Waals surface area contributed by atoms with Crippen molar-refractivity contribution in [2.45, 2.75) is 13.8 Å². The zero-order valence-electron chi connectivity index (χ0n) is 18.1. The van der Waals surface area contributed by atoms with Crippen LogP contribution in [-0.2, 0) is 4.79 Å². The Morgan fingerprint density at radius 1 is 1.16 bits per heavy atom. The summed E-state index contributed by atoms with van der Waals surface area (Å²) in [6.07, 6.45) is 3.67. The highest BCUT2D eigenvalue weighted by Gasteiger charge is 2.18. The second-order valence-electron chi connectivity index (χ2n) is 7.15. The number of anilines is 1. The van der Waals surface area contributed by atoms with Crippen LogP contribution in [0.1, 0.15) is 13.8 Å². The fourth-order valence-corrected chi connectivity index (χ4v) is 2.93. The Balaban J connectivity index is 0.000000401. The van der Waals surface area contributed by atoms with Crippen LogP contribution in [0.4, 0.5) is 5.82 Å². The molecule has 0 aromatic carbocycles. The number of carbonyl (C=O) groups is 1. The van der Waals surface area contributed by atoms with E-state index in [9.17, 15) is 4.79 Å². The first-order valence-electron chi connectivity index (χ1n) is 9.93. The lowest BCUT2D eigenvalue weighted by Gasteiger charge is -2.28. The number of fused-ring (bicyclic) bond motifs is 1. The third-order valence-corrected chi connectivity index (χ3v) is 4.72. The quantitative estimate of drug-likeness (QED) is 0.613. The fraction of sp³-hybridized carbons (Fsp3) is 0.450. The van der Waals surface area contributed by atoms with Gasteiger partial charge in [-0.05, 0) is 6.07 Å². The first kappa shape index (κ1) is 22.2. The standard InChI is InChI=1S/C16H19N7O2.C4H8O2/c1-24-14-9-11(16(25-2)21-20-14)12-10-18-23-6-3-13(19-15(12)23)22-7-4-17-5-8-22;1-3(2)4(5)6/h3,6,9-10,17H,4-5,7-8H2,1-2H3;3H,1-2H3,(H,5,6). The van der Waals surface area contributed by atoms with E-state index < -0.39 is 5.97 Å². The predicted octanol–water partition coefficient (Wildman–Crippen LogP) is 1.34. The molecular weight excluding hydrogens is 402 g/mol. The molecule has 3 aromatic heterocycles. The van der Waals surface area contributed by atoms with Gasteiger partial charge in [-0.3, -0.25) is 4.79 Å². The fourth-order valence-electron chi connectivity index (χ4n) is 2.93. The van der Waals surface area contributed by atoms with Crippen molar-refractivity contribution in [2.75, 3.05) is 45.3 Å². The number of piperazine rings is 1. The molecule has 0 spiro atoms. The van der Waals surface area contributed by atoms with Crippen LogP contribution in [0.5, 0.6) is 11.8 Å². The number of aromatic nitrogens is 5. The van der Waals surface area contributed by atoms with Gasteiger partial charge in [0.25, 0.3) is 0 Å². The van der Waals surface area contributed by atoms with Crippen molar-refractivity contribution in [2.24, 2.45) is 5.92 Å². The smallest absolute Gasteiger partial charge is 0.305 e. The van der Waals surface area contributed by atoms with E-state index in [-0.39, 0.29) is 5.92 Å². The Kier molecular flexibility index (Phi) is 7.19. The normalized spacial score (nSPS) is 13.6. The highest BCUT2D eigenvalue weighted by Crippen LogP contribution is 2.32. The van der Waals surface area contributed by atoms with Crippen LogP contribution >= 0.6 is 0 Å². The molecule has 1 fully saturated rings. The Bertz CT molecular complexity index is 1030. The maximum Gasteiger partial charge on any atom is 0.305 e. The zero-order chi connectivity index (χ0) is 22.4. The Labute approximate surface area is 180 Å². The minimum atomic E-state index is -0.741. The van der Waals surface area contributed by atoms with Crippen LogP contribution in [0.3, 0.4) is 0 Å². The highest BCUT2D eigenvalue weighted by molar-refractivity contribution is 5.81. The number of hydrogen-bond donors (Lipinski definition) is 2. The maximum atomic E-state index is 9.70. The summed E-state index contributed by atoms with van der Waals surface area (Å²) in [6.45, 7) is 7.06. The average Bonchev–Trinajstić information content (AvgIpc) is 3.22. The van der Waals surface area contributed by atoms with Crippen LogP contribution in [0.2, 0.25) is 0 Å². The van der Waals surface area contributed by atoms with E-state index in [1.54, 1.807) is 44.8 Å². The van der Waals surface area contributed by atoms with Gasteiger partial charge in [-0.1, -0.05) is 13.8 Å². The molecule has 11 heteroatoms. The number of nitrogens with zero attached hydrogens (tertiary/aromatic N) is 6. The van der Waals surface area contributed by atoms with E-state index in [1.807, 2.05) is 12.3 Å². The molecule has 4 rings (SSSR count). The maximum absolute atomic E-state index is 9.70. The second-order valence-corrected chi connectivity index (χ2v) is 7.15. The summed E-state index contributed by atoms with van der Waals surface area (Å²) in [4.78, 5) is 16.8. The Morgan fingerprint density at radius 3 is 2.48 bits per heavy atom. The van der Waals surface area contributed by atoms with Crippen LogP contribution in [0.15, 0.2) is 24.5 Å². The molecular formula is C20H27N7O4. The molecule has 0 atom stereocenters. The Hall–Kier alpha value is -3.47. The number of aliphatic carboxylic acids is 1. The summed E-state index contributed by atoms with van der Waals surface area (Å²) in [5.74, 6) is 0.780. The van der Waals surface area contributed by atoms with Gasteiger partial charge in [0.15, 0.2) is 5.65 Å². The monoisotopic (exact) mass is 429 g/mol. The van der Waals surface area contributed by atoms with Gasteiger partial charge in [-0.15, -0.1) is 10.2 Å². The molecule has 0 unspecified atom stereocenters. The highest BCUT2D eigenvalue weighted by atomic mass is 16.5. The van der Waals surface area contributed by atoms with Crippen molar-refractivity contribution >= 4 is 17.4 Å². The third-order valence-electron chi connectivity index (χ3n) is 4.72. The topological polar surface area (TPSA) is 127 Å². The molecule has 31 heavy (non-hydrogen) atoms. The number of nitrogens with one attached hydrogen (secondary N) is 1. The van der Waals surface area contributed by atoms with E-state index in [4.69, 9.17) is 19.6 Å². The molecule has 0 bridgehead atoms. The SMILES string of the molecule is CC(C)C(=O)O.COc1cc(-c2cnn3ccc(N4CCNCC4)nc23)c(OC)nn1. The van der Waals surface area contributed by atoms with E-state index in [0.29, 0.717) is 11.8 Å². The minimum Gasteiger partial charge on any atom is -0.481 e. The van der Waals surface area contributed by atoms with Crippen molar-refractivity contribution in [3.63, 3.8) is 0 Å². The molecule has 1 aliphatic heterocycles. The molecule has 1 aliphatic rings. The van der Waals surface area contributed by atoms with Crippen LogP contribution < -0.4 is 19.7 Å². The van der Waals surface area contributed by atoms with Gasteiger partial charge in [0, 0.05) is 38.4 Å². The lowest BCUT2D eigenvalue weighted by atomic mass is 10.1. The molecule has 11 nitrogen and oxygen atoms in total. The molecule has 2 N–H and O–H groups in total. The summed E-state index contributed by atoms with van der Waals surface area (Å²) in [6, 6.07) is 3.76. The van der Waals surface area contributed by atoms with Gasteiger partial charge in [-0.25, -0.2) is 9.50 Å². The number of ether oxygens (including phenoxy) is 2. The number of rotatable bonds is 5. The van der Waals surface area contributed by atoms with E-state index in [1.165, 1.54) is 0 Å². The zero-order valence-corrected chi connectivity index (χ0v) is 18.1. The lowest BCUT2D eigenvalue weighted by Crippen LogP contribution is -2.43. The third kappa shape index (κ3) is 5.18. The van der Waals surface area contributed by atoms with Crippen molar-refractivity contribution in [1.29, 1.82) is 0 Å². The van der Waals surface area contributed by atoms with Gasteiger partial charge >= 0.3 is 5.97 Å². The second kappa shape index (κ2) is 10.0. The summed E-state index contributed by atoms with van der Waals surface area (Å²) >= 11 is 0. The van der Waals surface area contributed by atoms with E-state index in [0.717, 1.165) is 48.8 Å². The van der Waals surface area contributed by atoms with Gasteiger partial charge in [0.2, 0.25) is 11.8 Å². The number of methoxy groups -OCH3 is 2. The number of hydrogen-bond acceptors (Lipinski definition) is 9. The van der Waals surface area contributed by atoms with E-state index >= 15 is 0 Å². The van der Waals surface area contributed by atoms with Gasteiger partial charge in [0.1, 0.15) is 5.82 Å². The first-order chi connectivity index (χ1) is 14.9. The summed E-state index contributed by atoms with van der Waals surface area (Å²) in [5, 5.41) is 23.7. The lowest BCUT2D eigenvalue weighted by molar-refractivity contribution is -0.140. The summed E-state index contributed by atoms with van der Waals surface area (Å²) in [7, 11) is 3.11. The summed E-state index contributed by atoms with van der Waals surface area (Å²) < 4.78 is 12.3. The molecule has 0 radical (unpaired) electrons. The van der Waals surface area contributed by atoms with E-state index in [2.05, 4.69) is 25.5 Å². The molecule has 0 aliphatic carbocycles. The van der Waals surface area contributed by atoms with Crippen molar-refractivity contribution in [1.82, 2.24) is 30.1 Å². The number of carboxylic acids is 1. The predicted molar refractivity (Wildman–Crippen MR) is 115 cm³/mol. The van der Waals surface area contributed by atoms with Gasteiger partial charge in [0.05, 0.1) is 37.5 Å². The van der Waals surface area contributed by atoms with Crippen molar-refractivity contribution < 1.29 is 19.4 Å². The summed E-state index contributed by atoms with van der Waals surface area (Å²) in [5.41, 5.74) is 2.31. The average molecular weight is 429 g/mol. The molecule has 3 aromatic rings. The number of carboxylic acid groups (broad SMARTS) is 1. The van der Waals surface area contributed by atoms with Crippen LogP contribution in [0.25, 0.3) is 16.8 Å². The molecule has 1 saturated heterocycles. The molecule has 4 heterocycles. The Morgan fingerprint density at radius 2 is 1.87 bits per heavy atom.